The molecule has 0 fully saturated rings. The number of amides is 3. The lowest BCUT2D eigenvalue weighted by Gasteiger charge is -2.16. The number of nitrogens with two attached hydrogens (primary N) is 1. The lowest BCUT2D eigenvalue weighted by atomic mass is 10.1. The van der Waals surface area contributed by atoms with Gasteiger partial charge in [-0.25, -0.2) is 4.79 Å². The van der Waals surface area contributed by atoms with Gasteiger partial charge in [0.2, 0.25) is 12.7 Å². The molecule has 3 amide bonds. The molecule has 126 valence electrons. The molecule has 24 heavy (non-hydrogen) atoms. The average molecular weight is 347 g/mol. The summed E-state index contributed by atoms with van der Waals surface area (Å²) < 4.78 is 10.6. The van der Waals surface area contributed by atoms with Crippen LogP contribution in [0.25, 0.3) is 0 Å². The average Bonchev–Trinajstić information content (AvgIpc) is 3.22. The van der Waals surface area contributed by atoms with Crippen molar-refractivity contribution in [1.29, 1.82) is 0 Å². The van der Waals surface area contributed by atoms with Crippen LogP contribution in [0.1, 0.15) is 22.9 Å². The molecule has 1 atom stereocenters. The van der Waals surface area contributed by atoms with Crippen LogP contribution in [0.15, 0.2) is 35.7 Å². The minimum atomic E-state index is -0.656. The quantitative estimate of drug-likeness (QED) is 0.742. The van der Waals surface area contributed by atoms with E-state index >= 15 is 0 Å². The Hall–Kier alpha value is -2.74. The summed E-state index contributed by atoms with van der Waals surface area (Å²) in [6.45, 7) is 0.579. The molecule has 1 aliphatic rings. The molecular weight excluding hydrogens is 330 g/mol. The van der Waals surface area contributed by atoms with Crippen LogP contribution in [-0.4, -0.2) is 18.7 Å². The van der Waals surface area contributed by atoms with Gasteiger partial charge in [0.15, 0.2) is 11.5 Å². The molecule has 1 aromatic heterocycles. The molecule has 1 aromatic carbocycles. The van der Waals surface area contributed by atoms with Crippen molar-refractivity contribution in [3.8, 4) is 11.5 Å². The largest absolute Gasteiger partial charge is 0.454 e. The molecule has 3 rings (SSSR count). The molecule has 2 aromatic rings. The Morgan fingerprint density at radius 3 is 2.83 bits per heavy atom. The molecule has 0 saturated carbocycles. The number of primary amides is 1. The van der Waals surface area contributed by atoms with Crippen LogP contribution in [0.2, 0.25) is 0 Å². The monoisotopic (exact) mass is 347 g/mol. The van der Waals surface area contributed by atoms with Crippen LogP contribution in [0, 0.1) is 0 Å². The van der Waals surface area contributed by atoms with Gasteiger partial charge in [0.05, 0.1) is 12.5 Å². The second-order valence-electron chi connectivity index (χ2n) is 5.25. The smallest absolute Gasteiger partial charge is 0.312 e. The Bertz CT molecular complexity index is 733. The van der Waals surface area contributed by atoms with Gasteiger partial charge in [0.1, 0.15) is 0 Å². The van der Waals surface area contributed by atoms with Crippen LogP contribution < -0.4 is 25.8 Å². The molecule has 0 unspecified atom stereocenters. The highest BCUT2D eigenvalue weighted by molar-refractivity contribution is 7.10. The van der Waals surface area contributed by atoms with E-state index in [9.17, 15) is 9.59 Å². The van der Waals surface area contributed by atoms with Gasteiger partial charge in [-0.3, -0.25) is 4.79 Å². The molecule has 0 bridgehead atoms. The van der Waals surface area contributed by atoms with Crippen molar-refractivity contribution in [2.24, 2.45) is 5.73 Å². The third-order valence-electron chi connectivity index (χ3n) is 3.52. The van der Waals surface area contributed by atoms with E-state index in [0.29, 0.717) is 18.0 Å². The van der Waals surface area contributed by atoms with E-state index in [1.807, 2.05) is 35.7 Å². The fourth-order valence-corrected chi connectivity index (χ4v) is 3.17. The Labute approximate surface area is 142 Å². The lowest BCUT2D eigenvalue weighted by molar-refractivity contribution is -0.121. The van der Waals surface area contributed by atoms with Crippen molar-refractivity contribution >= 4 is 23.3 Å². The number of urea groups is 1. The first-order valence-corrected chi connectivity index (χ1v) is 8.24. The Morgan fingerprint density at radius 1 is 1.25 bits per heavy atom. The van der Waals surface area contributed by atoms with E-state index in [4.69, 9.17) is 15.2 Å². The van der Waals surface area contributed by atoms with Gasteiger partial charge in [-0.15, -0.1) is 11.3 Å². The number of carbonyl (C=O) groups is 2. The van der Waals surface area contributed by atoms with Gasteiger partial charge in [0, 0.05) is 11.4 Å². The van der Waals surface area contributed by atoms with Gasteiger partial charge < -0.3 is 25.8 Å². The predicted octanol–water partition coefficient (Wildman–Crippen LogP) is 1.89. The van der Waals surface area contributed by atoms with Crippen LogP contribution in [0.5, 0.6) is 11.5 Å². The summed E-state index contributed by atoms with van der Waals surface area (Å²) in [5.41, 5.74) is 6.10. The summed E-state index contributed by atoms with van der Waals surface area (Å²) in [5, 5.41) is 7.31. The van der Waals surface area contributed by atoms with Crippen molar-refractivity contribution in [1.82, 2.24) is 10.6 Å². The minimum absolute atomic E-state index is 0.119. The number of ether oxygens (including phenoxy) is 2. The van der Waals surface area contributed by atoms with Gasteiger partial charge >= 0.3 is 6.03 Å². The van der Waals surface area contributed by atoms with Crippen molar-refractivity contribution in [3.05, 3.63) is 46.2 Å². The van der Waals surface area contributed by atoms with Gasteiger partial charge in [-0.2, -0.15) is 0 Å². The summed E-state index contributed by atoms with van der Waals surface area (Å²) in [7, 11) is 0. The number of rotatable bonds is 6. The molecule has 7 nitrogen and oxygen atoms in total. The second kappa shape index (κ2) is 7.22. The van der Waals surface area contributed by atoms with Crippen molar-refractivity contribution in [3.63, 3.8) is 0 Å². The first-order valence-electron chi connectivity index (χ1n) is 7.36. The molecule has 1 aliphatic heterocycles. The number of benzene rings is 1. The number of fused-ring (bicyclic) bond motifs is 1. The Balaban J connectivity index is 1.57. The SMILES string of the molecule is NC(=O)N[C@H](CC(=O)NCc1ccc2c(c1)OCO2)c1cccs1. The zero-order valence-electron chi connectivity index (χ0n) is 12.8. The fourth-order valence-electron chi connectivity index (χ4n) is 2.39. The van der Waals surface area contributed by atoms with E-state index in [1.165, 1.54) is 11.3 Å². The zero-order chi connectivity index (χ0) is 16.9. The molecular formula is C16H17N3O4S. The van der Waals surface area contributed by atoms with E-state index < -0.39 is 12.1 Å². The maximum absolute atomic E-state index is 12.2. The maximum atomic E-state index is 12.2. The van der Waals surface area contributed by atoms with Crippen LogP contribution in [0.4, 0.5) is 4.79 Å². The number of hydrogen-bond acceptors (Lipinski definition) is 5. The third-order valence-corrected chi connectivity index (χ3v) is 4.51. The van der Waals surface area contributed by atoms with Crippen LogP contribution in [0.3, 0.4) is 0 Å². The minimum Gasteiger partial charge on any atom is -0.454 e. The topological polar surface area (TPSA) is 103 Å². The van der Waals surface area contributed by atoms with Crippen LogP contribution >= 0.6 is 11.3 Å². The molecule has 8 heteroatoms. The Morgan fingerprint density at radius 2 is 2.08 bits per heavy atom. The standard InChI is InChI=1S/C16H17N3O4S/c17-16(21)19-11(14-2-1-5-24-14)7-15(20)18-8-10-3-4-12-13(6-10)23-9-22-12/h1-6,11H,7-9H2,(H,18,20)(H3,17,19,21)/t11-/m1/s1. The zero-order valence-corrected chi connectivity index (χ0v) is 13.6. The van der Waals surface area contributed by atoms with Crippen molar-refractivity contribution < 1.29 is 19.1 Å². The van der Waals surface area contributed by atoms with E-state index in [-0.39, 0.29) is 19.1 Å². The summed E-state index contributed by atoms with van der Waals surface area (Å²) in [4.78, 5) is 24.2. The maximum Gasteiger partial charge on any atom is 0.312 e. The number of carbonyl (C=O) groups excluding carboxylic acids is 2. The van der Waals surface area contributed by atoms with Gasteiger partial charge in [-0.1, -0.05) is 12.1 Å². The molecule has 2 heterocycles. The van der Waals surface area contributed by atoms with E-state index in [0.717, 1.165) is 10.4 Å². The van der Waals surface area contributed by atoms with Gasteiger partial charge in [-0.05, 0) is 29.1 Å². The highest BCUT2D eigenvalue weighted by Gasteiger charge is 2.19. The summed E-state index contributed by atoms with van der Waals surface area (Å²) in [6, 6.07) is 8.15. The molecule has 0 aliphatic carbocycles. The third kappa shape index (κ3) is 3.96. The van der Waals surface area contributed by atoms with Crippen molar-refractivity contribution in [2.75, 3.05) is 6.79 Å². The highest BCUT2D eigenvalue weighted by atomic mass is 32.1. The first-order chi connectivity index (χ1) is 11.6. The van der Waals surface area contributed by atoms with E-state index in [1.54, 1.807) is 0 Å². The number of thiophene rings is 1. The molecule has 0 radical (unpaired) electrons. The summed E-state index contributed by atoms with van der Waals surface area (Å²) >= 11 is 1.46. The predicted molar refractivity (Wildman–Crippen MR) is 88.8 cm³/mol. The molecule has 0 saturated heterocycles. The highest BCUT2D eigenvalue weighted by Crippen LogP contribution is 2.32. The Kier molecular flexibility index (Phi) is 4.85. The number of hydrogen-bond donors (Lipinski definition) is 3. The molecule has 0 spiro atoms. The second-order valence-corrected chi connectivity index (χ2v) is 6.22. The van der Waals surface area contributed by atoms with Crippen LogP contribution in [-0.2, 0) is 11.3 Å². The first kappa shape index (κ1) is 16.1. The number of nitrogens with one attached hydrogen (secondary N) is 2. The normalized spacial score (nSPS) is 13.3. The fraction of sp³-hybridized carbons (Fsp3) is 0.250. The lowest BCUT2D eigenvalue weighted by Crippen LogP contribution is -2.36. The molecule has 4 N–H and O–H groups in total. The van der Waals surface area contributed by atoms with E-state index in [2.05, 4.69) is 10.6 Å². The summed E-state index contributed by atoms with van der Waals surface area (Å²) in [5.74, 6) is 1.20. The van der Waals surface area contributed by atoms with Gasteiger partial charge in [0.25, 0.3) is 0 Å². The van der Waals surface area contributed by atoms with Crippen molar-refractivity contribution in [2.45, 2.75) is 19.0 Å². The summed E-state index contributed by atoms with van der Waals surface area (Å²) in [6.07, 6.45) is 0.119.